The molecule has 6 N–H and O–H groups in total. The number of nitrogens with zero attached hydrogens (tertiary/aromatic N) is 1. The number of carboxylic acids is 1. The van der Waals surface area contributed by atoms with Gasteiger partial charge in [-0.3, -0.25) is 9.78 Å². The van der Waals surface area contributed by atoms with Gasteiger partial charge in [-0.1, -0.05) is 11.6 Å². The Balaban J connectivity index is 1.65. The highest BCUT2D eigenvalue weighted by atomic mass is 35.5. The van der Waals surface area contributed by atoms with E-state index in [1.807, 2.05) is 0 Å². The molecule has 2 unspecified atom stereocenters. The zero-order valence-corrected chi connectivity index (χ0v) is 16.8. The van der Waals surface area contributed by atoms with Crippen molar-refractivity contribution in [2.24, 2.45) is 0 Å². The highest BCUT2D eigenvalue weighted by Gasteiger charge is 2.49. The number of nitrogens with one attached hydrogen (secondary N) is 1. The Labute approximate surface area is 181 Å². The second-order valence-corrected chi connectivity index (χ2v) is 7.75. The van der Waals surface area contributed by atoms with Gasteiger partial charge in [0.05, 0.1) is 17.4 Å². The first kappa shape index (κ1) is 20.8. The molecule has 1 amide bonds. The monoisotopic (exact) mass is 439 g/mol. The fourth-order valence-corrected chi connectivity index (χ4v) is 3.80. The summed E-state index contributed by atoms with van der Waals surface area (Å²) in [5.74, 6) is -1.87. The molecular weight excluding hydrogens is 422 g/mol. The number of fused-ring (bicyclic) bond motifs is 1. The summed E-state index contributed by atoms with van der Waals surface area (Å²) in [5.41, 5.74) is 6.36. The standard InChI is InChI=1S/C22H18ClN3O5/c23-13-3-6-17(24)15(8-13)12-7-16-18(27)9-22(31,19(16)25-10-12)21(30)26-14-4-1-11(2-5-14)20(28)29/h1-8,10,18,27,31H,9,24H2,(H,26,30)(H,28,29). The molecule has 8 nitrogen and oxygen atoms in total. The first-order chi connectivity index (χ1) is 14.7. The van der Waals surface area contributed by atoms with Gasteiger partial charge in [0.25, 0.3) is 5.91 Å². The van der Waals surface area contributed by atoms with Crippen molar-refractivity contribution in [1.82, 2.24) is 4.98 Å². The Kier molecular flexibility index (Phi) is 5.14. The van der Waals surface area contributed by atoms with Crippen LogP contribution in [-0.4, -0.2) is 32.2 Å². The minimum atomic E-state index is -2.06. The van der Waals surface area contributed by atoms with Gasteiger partial charge in [-0.25, -0.2) is 4.79 Å². The smallest absolute Gasteiger partial charge is 0.335 e. The van der Waals surface area contributed by atoms with Crippen molar-refractivity contribution in [1.29, 1.82) is 0 Å². The molecule has 31 heavy (non-hydrogen) atoms. The molecule has 1 aliphatic rings. The Morgan fingerprint density at radius 3 is 2.55 bits per heavy atom. The first-order valence-electron chi connectivity index (χ1n) is 9.30. The van der Waals surface area contributed by atoms with Crippen LogP contribution in [0.5, 0.6) is 0 Å². The number of hydrogen-bond donors (Lipinski definition) is 5. The van der Waals surface area contributed by atoms with Crippen molar-refractivity contribution in [3.63, 3.8) is 0 Å². The number of nitrogen functional groups attached to an aromatic ring is 1. The van der Waals surface area contributed by atoms with Crippen molar-refractivity contribution in [2.75, 3.05) is 11.1 Å². The van der Waals surface area contributed by atoms with Crippen LogP contribution in [0.1, 0.15) is 34.1 Å². The average molecular weight is 440 g/mol. The predicted octanol–water partition coefficient (Wildman–Crippen LogP) is 2.95. The highest BCUT2D eigenvalue weighted by molar-refractivity contribution is 6.31. The molecule has 1 aromatic heterocycles. The van der Waals surface area contributed by atoms with Crippen LogP contribution in [0, 0.1) is 0 Å². The van der Waals surface area contributed by atoms with E-state index in [9.17, 15) is 19.8 Å². The van der Waals surface area contributed by atoms with Crippen molar-refractivity contribution in [2.45, 2.75) is 18.1 Å². The Morgan fingerprint density at radius 1 is 1.16 bits per heavy atom. The number of aromatic carboxylic acids is 1. The molecular formula is C22H18ClN3O5. The number of aliphatic hydroxyl groups excluding tert-OH is 1. The molecule has 158 valence electrons. The van der Waals surface area contributed by atoms with Gasteiger partial charge in [-0.15, -0.1) is 0 Å². The molecule has 0 aliphatic heterocycles. The number of halogens is 1. The lowest BCUT2D eigenvalue weighted by atomic mass is 9.98. The maximum absolute atomic E-state index is 12.9. The summed E-state index contributed by atoms with van der Waals surface area (Å²) in [7, 11) is 0. The number of anilines is 2. The minimum Gasteiger partial charge on any atom is -0.478 e. The van der Waals surface area contributed by atoms with Gasteiger partial charge in [-0.05, 0) is 48.5 Å². The molecule has 0 saturated heterocycles. The third-order valence-corrected chi connectivity index (χ3v) is 5.48. The zero-order chi connectivity index (χ0) is 22.3. The summed E-state index contributed by atoms with van der Waals surface area (Å²) in [6.45, 7) is 0. The van der Waals surface area contributed by atoms with Crippen LogP contribution in [-0.2, 0) is 10.4 Å². The third kappa shape index (κ3) is 3.72. The molecule has 0 saturated carbocycles. The van der Waals surface area contributed by atoms with Gasteiger partial charge < -0.3 is 26.4 Å². The second-order valence-electron chi connectivity index (χ2n) is 7.31. The third-order valence-electron chi connectivity index (χ3n) is 5.25. The summed E-state index contributed by atoms with van der Waals surface area (Å²) >= 11 is 6.05. The maximum atomic E-state index is 12.9. The van der Waals surface area contributed by atoms with Crippen molar-refractivity contribution < 1.29 is 24.9 Å². The second kappa shape index (κ2) is 7.66. The fraction of sp³-hybridized carbons (Fsp3) is 0.136. The topological polar surface area (TPSA) is 146 Å². The van der Waals surface area contributed by atoms with Crippen LogP contribution in [0.25, 0.3) is 11.1 Å². The molecule has 3 aromatic rings. The number of benzene rings is 2. The number of nitrogens with two attached hydrogens (primary N) is 1. The number of aliphatic hydroxyl groups is 2. The van der Waals surface area contributed by atoms with Gasteiger partial charge in [0, 0.05) is 45.7 Å². The van der Waals surface area contributed by atoms with Crippen LogP contribution in [0.2, 0.25) is 5.02 Å². The van der Waals surface area contributed by atoms with Gasteiger partial charge in [0.15, 0.2) is 5.60 Å². The number of aromatic nitrogens is 1. The Hall–Kier alpha value is -3.46. The van der Waals surface area contributed by atoms with Crippen molar-refractivity contribution in [3.05, 3.63) is 76.6 Å². The van der Waals surface area contributed by atoms with Gasteiger partial charge in [-0.2, -0.15) is 0 Å². The molecule has 2 aromatic carbocycles. The largest absolute Gasteiger partial charge is 0.478 e. The molecule has 0 bridgehead atoms. The first-order valence-corrected chi connectivity index (χ1v) is 9.68. The van der Waals surface area contributed by atoms with Crippen LogP contribution in [0.3, 0.4) is 0 Å². The molecule has 0 spiro atoms. The number of pyridine rings is 1. The molecule has 0 fully saturated rings. The summed E-state index contributed by atoms with van der Waals surface area (Å²) in [5, 5.41) is 33.6. The van der Waals surface area contributed by atoms with Crippen LogP contribution in [0.15, 0.2) is 54.7 Å². The number of carboxylic acid groups (broad SMARTS) is 1. The summed E-state index contributed by atoms with van der Waals surface area (Å²) in [6, 6.07) is 12.1. The highest BCUT2D eigenvalue weighted by Crippen LogP contribution is 2.44. The molecule has 9 heteroatoms. The van der Waals surface area contributed by atoms with Crippen molar-refractivity contribution >= 4 is 34.9 Å². The Morgan fingerprint density at radius 2 is 1.87 bits per heavy atom. The molecule has 1 heterocycles. The lowest BCUT2D eigenvalue weighted by Gasteiger charge is -2.22. The summed E-state index contributed by atoms with van der Waals surface area (Å²) in [4.78, 5) is 28.1. The van der Waals surface area contributed by atoms with Gasteiger partial charge >= 0.3 is 5.97 Å². The minimum absolute atomic E-state index is 0.0454. The Bertz CT molecular complexity index is 1200. The number of amides is 1. The van der Waals surface area contributed by atoms with E-state index in [1.54, 1.807) is 24.3 Å². The summed E-state index contributed by atoms with van der Waals surface area (Å²) in [6.07, 6.45) is 0.0646. The van der Waals surface area contributed by atoms with E-state index in [4.69, 9.17) is 22.4 Å². The number of rotatable bonds is 4. The van der Waals surface area contributed by atoms with E-state index in [1.165, 1.54) is 30.5 Å². The van der Waals surface area contributed by atoms with Crippen LogP contribution in [0.4, 0.5) is 11.4 Å². The van der Waals surface area contributed by atoms with Gasteiger partial charge in [0.2, 0.25) is 0 Å². The molecule has 1 aliphatic carbocycles. The van der Waals surface area contributed by atoms with Crippen molar-refractivity contribution in [3.8, 4) is 11.1 Å². The van der Waals surface area contributed by atoms with E-state index in [-0.39, 0.29) is 17.7 Å². The van der Waals surface area contributed by atoms with E-state index >= 15 is 0 Å². The normalized spacial score (nSPS) is 19.6. The van der Waals surface area contributed by atoms with E-state index in [0.29, 0.717) is 33.1 Å². The maximum Gasteiger partial charge on any atom is 0.335 e. The number of carbonyl (C=O) groups is 2. The number of hydrogen-bond acceptors (Lipinski definition) is 6. The average Bonchev–Trinajstić information content (AvgIpc) is 3.01. The lowest BCUT2D eigenvalue weighted by Crippen LogP contribution is -2.39. The quantitative estimate of drug-likeness (QED) is 0.393. The van der Waals surface area contributed by atoms with E-state index in [0.717, 1.165) is 0 Å². The van der Waals surface area contributed by atoms with Crippen LogP contribution < -0.4 is 11.1 Å². The molecule has 2 atom stereocenters. The SMILES string of the molecule is Nc1ccc(Cl)cc1-c1cnc2c(c1)C(O)CC2(O)C(=O)Nc1ccc(C(=O)O)cc1. The van der Waals surface area contributed by atoms with E-state index < -0.39 is 23.6 Å². The fourth-order valence-electron chi connectivity index (χ4n) is 3.62. The zero-order valence-electron chi connectivity index (χ0n) is 16.0. The van der Waals surface area contributed by atoms with Gasteiger partial charge in [0.1, 0.15) is 0 Å². The predicted molar refractivity (Wildman–Crippen MR) is 115 cm³/mol. The number of carbonyl (C=O) groups excluding carboxylic acids is 1. The lowest BCUT2D eigenvalue weighted by molar-refractivity contribution is -0.137. The summed E-state index contributed by atoms with van der Waals surface area (Å²) < 4.78 is 0. The molecule has 4 rings (SSSR count). The van der Waals surface area contributed by atoms with Crippen LogP contribution >= 0.6 is 11.6 Å². The van der Waals surface area contributed by atoms with E-state index in [2.05, 4.69) is 10.3 Å². The molecule has 0 radical (unpaired) electrons.